The Morgan fingerprint density at radius 2 is 2.14 bits per heavy atom. The summed E-state index contributed by atoms with van der Waals surface area (Å²) in [6.45, 7) is 1.73. The third kappa shape index (κ3) is 2.29. The maximum Gasteiger partial charge on any atom is 0.422 e. The number of aromatic nitrogens is 1. The highest BCUT2D eigenvalue weighted by molar-refractivity contribution is 6.30. The molecule has 1 aromatic rings. The van der Waals surface area contributed by atoms with Crippen molar-refractivity contribution in [1.29, 1.82) is 0 Å². The highest BCUT2D eigenvalue weighted by atomic mass is 35.5. The molecule has 0 atom stereocenters. The van der Waals surface area contributed by atoms with Gasteiger partial charge in [-0.15, -0.1) is 0 Å². The Labute approximate surface area is 83.7 Å². The fraction of sp³-hybridized carbons (Fsp3) is 0.375. The smallest absolute Gasteiger partial charge is 0.422 e. The SMILES string of the molecule is CCOc1ccnc(Cl)c1C(F)(F)F. The van der Waals surface area contributed by atoms with Gasteiger partial charge >= 0.3 is 6.18 Å². The van der Waals surface area contributed by atoms with Gasteiger partial charge in [0.25, 0.3) is 0 Å². The highest BCUT2D eigenvalue weighted by Crippen LogP contribution is 2.39. The fourth-order valence-corrected chi connectivity index (χ4v) is 1.21. The van der Waals surface area contributed by atoms with E-state index in [1.54, 1.807) is 6.92 Å². The first kappa shape index (κ1) is 11.1. The monoisotopic (exact) mass is 225 g/mol. The van der Waals surface area contributed by atoms with Crippen molar-refractivity contribution < 1.29 is 17.9 Å². The molecule has 0 saturated heterocycles. The van der Waals surface area contributed by atoms with Crippen LogP contribution in [0.4, 0.5) is 13.2 Å². The third-order valence-corrected chi connectivity index (χ3v) is 1.74. The van der Waals surface area contributed by atoms with E-state index < -0.39 is 16.9 Å². The Morgan fingerprint density at radius 3 is 2.64 bits per heavy atom. The van der Waals surface area contributed by atoms with Gasteiger partial charge in [-0.25, -0.2) is 4.98 Å². The second kappa shape index (κ2) is 4.04. The fourth-order valence-electron chi connectivity index (χ4n) is 0.952. The van der Waals surface area contributed by atoms with Crippen LogP contribution in [-0.2, 0) is 6.18 Å². The molecular weight excluding hydrogens is 219 g/mol. The van der Waals surface area contributed by atoms with E-state index in [0.717, 1.165) is 6.07 Å². The van der Waals surface area contributed by atoms with Crippen LogP contribution >= 0.6 is 11.6 Å². The minimum Gasteiger partial charge on any atom is -0.493 e. The Hall–Kier alpha value is -0.970. The van der Waals surface area contributed by atoms with Crippen LogP contribution in [0, 0.1) is 0 Å². The Balaban J connectivity index is 3.22. The zero-order chi connectivity index (χ0) is 10.8. The second-order valence-electron chi connectivity index (χ2n) is 2.41. The molecule has 6 heteroatoms. The van der Waals surface area contributed by atoms with Gasteiger partial charge in [-0.2, -0.15) is 13.2 Å². The standard InChI is InChI=1S/C8H7ClF3NO/c1-2-14-5-3-4-13-7(9)6(5)8(10,11)12/h3-4H,2H2,1H3. The molecular formula is C8H7ClF3NO. The molecule has 1 heterocycles. The van der Waals surface area contributed by atoms with Gasteiger partial charge in [-0.3, -0.25) is 0 Å². The summed E-state index contributed by atoms with van der Waals surface area (Å²) in [5.74, 6) is -0.292. The van der Waals surface area contributed by atoms with E-state index in [4.69, 9.17) is 16.3 Å². The lowest BCUT2D eigenvalue weighted by molar-refractivity contribution is -0.139. The van der Waals surface area contributed by atoms with Gasteiger partial charge in [0.05, 0.1) is 6.61 Å². The Kier molecular flexibility index (Phi) is 3.21. The first-order valence-electron chi connectivity index (χ1n) is 3.81. The van der Waals surface area contributed by atoms with E-state index in [0.29, 0.717) is 0 Å². The molecule has 0 N–H and O–H groups in total. The third-order valence-electron chi connectivity index (χ3n) is 1.45. The zero-order valence-electron chi connectivity index (χ0n) is 7.23. The largest absolute Gasteiger partial charge is 0.493 e. The van der Waals surface area contributed by atoms with Gasteiger partial charge < -0.3 is 4.74 Å². The van der Waals surface area contributed by atoms with E-state index in [9.17, 15) is 13.2 Å². The molecule has 0 radical (unpaired) electrons. The molecule has 0 aliphatic carbocycles. The average molecular weight is 226 g/mol. The summed E-state index contributed by atoms with van der Waals surface area (Å²) >= 11 is 5.34. The first-order valence-corrected chi connectivity index (χ1v) is 4.19. The van der Waals surface area contributed by atoms with Crippen LogP contribution in [-0.4, -0.2) is 11.6 Å². The maximum atomic E-state index is 12.4. The summed E-state index contributed by atoms with van der Waals surface area (Å²) in [7, 11) is 0. The van der Waals surface area contributed by atoms with Gasteiger partial charge in [0.2, 0.25) is 0 Å². The van der Waals surface area contributed by atoms with Crippen molar-refractivity contribution in [3.8, 4) is 5.75 Å². The summed E-state index contributed by atoms with van der Waals surface area (Å²) in [6.07, 6.45) is -3.38. The number of pyridine rings is 1. The van der Waals surface area contributed by atoms with Crippen LogP contribution in [0.15, 0.2) is 12.3 Å². The van der Waals surface area contributed by atoms with E-state index in [2.05, 4.69) is 4.98 Å². The lowest BCUT2D eigenvalue weighted by Gasteiger charge is -2.13. The minimum atomic E-state index is -4.55. The number of rotatable bonds is 2. The normalized spacial score (nSPS) is 11.5. The van der Waals surface area contributed by atoms with Crippen LogP contribution < -0.4 is 4.74 Å². The predicted molar refractivity (Wildman–Crippen MR) is 45.4 cm³/mol. The van der Waals surface area contributed by atoms with Crippen molar-refractivity contribution in [3.05, 3.63) is 23.0 Å². The van der Waals surface area contributed by atoms with Crippen molar-refractivity contribution in [1.82, 2.24) is 4.98 Å². The van der Waals surface area contributed by atoms with E-state index >= 15 is 0 Å². The van der Waals surface area contributed by atoms with E-state index in [1.807, 2.05) is 0 Å². The Morgan fingerprint density at radius 1 is 1.50 bits per heavy atom. The number of hydrogen-bond donors (Lipinski definition) is 0. The van der Waals surface area contributed by atoms with Crippen molar-refractivity contribution in [2.45, 2.75) is 13.1 Å². The molecule has 0 unspecified atom stereocenters. The van der Waals surface area contributed by atoms with Crippen molar-refractivity contribution in [2.24, 2.45) is 0 Å². The van der Waals surface area contributed by atoms with E-state index in [1.165, 1.54) is 6.20 Å². The van der Waals surface area contributed by atoms with Gasteiger partial charge in [0.1, 0.15) is 16.5 Å². The lowest BCUT2D eigenvalue weighted by atomic mass is 10.2. The van der Waals surface area contributed by atoms with Crippen molar-refractivity contribution in [2.75, 3.05) is 6.61 Å². The topological polar surface area (TPSA) is 22.1 Å². The summed E-state index contributed by atoms with van der Waals surface area (Å²) < 4.78 is 42.1. The van der Waals surface area contributed by atoms with Crippen LogP contribution in [0.3, 0.4) is 0 Å². The molecule has 0 bridgehead atoms. The molecule has 0 aliphatic rings. The van der Waals surface area contributed by atoms with Crippen molar-refractivity contribution in [3.63, 3.8) is 0 Å². The number of hydrogen-bond acceptors (Lipinski definition) is 2. The summed E-state index contributed by atoms with van der Waals surface area (Å²) in [5.41, 5.74) is -1.02. The molecule has 0 amide bonds. The van der Waals surface area contributed by atoms with Crippen LogP contribution in [0.25, 0.3) is 0 Å². The number of ether oxygens (including phenoxy) is 1. The maximum absolute atomic E-state index is 12.4. The number of halogens is 4. The van der Waals surface area contributed by atoms with Gasteiger partial charge in [-0.1, -0.05) is 11.6 Å². The summed E-state index contributed by atoms with van der Waals surface area (Å²) in [4.78, 5) is 3.35. The molecule has 0 spiro atoms. The average Bonchev–Trinajstić information content (AvgIpc) is 2.02. The quantitative estimate of drug-likeness (QED) is 0.722. The predicted octanol–water partition coefficient (Wildman–Crippen LogP) is 3.15. The molecule has 0 saturated carbocycles. The van der Waals surface area contributed by atoms with E-state index in [-0.39, 0.29) is 12.4 Å². The van der Waals surface area contributed by atoms with Gasteiger partial charge in [0, 0.05) is 6.20 Å². The lowest BCUT2D eigenvalue weighted by Crippen LogP contribution is -2.10. The van der Waals surface area contributed by atoms with Crippen molar-refractivity contribution >= 4 is 11.6 Å². The first-order chi connectivity index (χ1) is 6.46. The molecule has 14 heavy (non-hydrogen) atoms. The minimum absolute atomic E-state index is 0.142. The number of alkyl halides is 3. The number of nitrogens with zero attached hydrogens (tertiary/aromatic N) is 1. The molecule has 78 valence electrons. The summed E-state index contributed by atoms with van der Waals surface area (Å²) in [5, 5.41) is -0.594. The Bertz CT molecular complexity index is 327. The molecule has 0 aliphatic heterocycles. The van der Waals surface area contributed by atoms with Crippen LogP contribution in [0.2, 0.25) is 5.15 Å². The molecule has 0 fully saturated rings. The second-order valence-corrected chi connectivity index (χ2v) is 2.76. The van der Waals surface area contributed by atoms with Gasteiger partial charge in [0.15, 0.2) is 0 Å². The summed E-state index contributed by atoms with van der Waals surface area (Å²) in [6, 6.07) is 1.14. The molecule has 0 aromatic carbocycles. The van der Waals surface area contributed by atoms with Crippen LogP contribution in [0.5, 0.6) is 5.75 Å². The molecule has 1 aromatic heterocycles. The zero-order valence-corrected chi connectivity index (χ0v) is 7.99. The molecule has 1 rings (SSSR count). The molecule has 2 nitrogen and oxygen atoms in total. The van der Waals surface area contributed by atoms with Gasteiger partial charge in [-0.05, 0) is 13.0 Å². The highest BCUT2D eigenvalue weighted by Gasteiger charge is 2.37. The van der Waals surface area contributed by atoms with Crippen LogP contribution in [0.1, 0.15) is 12.5 Å².